The Morgan fingerprint density at radius 1 is 1.41 bits per heavy atom. The van der Waals surface area contributed by atoms with Gasteiger partial charge in [-0.05, 0) is 12.5 Å². The van der Waals surface area contributed by atoms with Crippen LogP contribution in [0.1, 0.15) is 20.8 Å². The van der Waals surface area contributed by atoms with Gasteiger partial charge in [-0.1, -0.05) is 20.8 Å². The molecule has 1 heterocycles. The Kier molecular flexibility index (Phi) is 4.95. The van der Waals surface area contributed by atoms with Crippen LogP contribution in [0.5, 0.6) is 0 Å². The molecular formula is C11H24N2O3S. The van der Waals surface area contributed by atoms with Crippen LogP contribution >= 0.6 is 0 Å². The van der Waals surface area contributed by atoms with Gasteiger partial charge in [0, 0.05) is 25.7 Å². The van der Waals surface area contributed by atoms with Gasteiger partial charge in [0.1, 0.15) is 0 Å². The Bertz CT molecular complexity index is 335. The van der Waals surface area contributed by atoms with Gasteiger partial charge in [-0.3, -0.25) is 4.18 Å². The maximum absolute atomic E-state index is 11.8. The van der Waals surface area contributed by atoms with Crippen molar-refractivity contribution in [2.45, 2.75) is 26.8 Å². The van der Waals surface area contributed by atoms with Crippen LogP contribution < -0.4 is 5.32 Å². The monoisotopic (exact) mass is 264 g/mol. The highest BCUT2D eigenvalue weighted by Gasteiger charge is 2.25. The Morgan fingerprint density at radius 3 is 2.59 bits per heavy atom. The second kappa shape index (κ2) is 5.65. The third kappa shape index (κ3) is 6.35. The Hall–Kier alpha value is -0.170. The van der Waals surface area contributed by atoms with E-state index in [1.165, 1.54) is 0 Å². The predicted octanol–water partition coefficient (Wildman–Crippen LogP) is 0.283. The van der Waals surface area contributed by atoms with Crippen molar-refractivity contribution in [2.24, 2.45) is 5.41 Å². The second-order valence-electron chi connectivity index (χ2n) is 5.96. The molecule has 6 heteroatoms. The number of piperazine rings is 1. The average molecular weight is 264 g/mol. The lowest BCUT2D eigenvalue weighted by Gasteiger charge is -2.30. The Balaban J connectivity index is 2.43. The highest BCUT2D eigenvalue weighted by atomic mass is 32.2. The molecule has 1 N–H and O–H groups in total. The van der Waals surface area contributed by atoms with Crippen molar-refractivity contribution >= 4 is 10.1 Å². The van der Waals surface area contributed by atoms with Gasteiger partial charge >= 0.3 is 0 Å². The number of hydrogen-bond acceptors (Lipinski definition) is 5. The summed E-state index contributed by atoms with van der Waals surface area (Å²) in [5.41, 5.74) is -0.135. The Morgan fingerprint density at radius 2 is 2.06 bits per heavy atom. The van der Waals surface area contributed by atoms with E-state index in [9.17, 15) is 8.42 Å². The molecule has 17 heavy (non-hydrogen) atoms. The molecular weight excluding hydrogens is 240 g/mol. The van der Waals surface area contributed by atoms with Gasteiger partial charge in [0.15, 0.2) is 0 Å². The third-order valence-corrected chi connectivity index (χ3v) is 3.82. The van der Waals surface area contributed by atoms with E-state index < -0.39 is 10.1 Å². The van der Waals surface area contributed by atoms with Crippen molar-refractivity contribution in [2.75, 3.05) is 39.0 Å². The Labute approximate surface area is 105 Å². The summed E-state index contributed by atoms with van der Waals surface area (Å²) < 4.78 is 28.6. The summed E-state index contributed by atoms with van der Waals surface area (Å²) in [6.45, 7) is 8.63. The van der Waals surface area contributed by atoms with E-state index in [-0.39, 0.29) is 23.8 Å². The average Bonchev–Trinajstić information content (AvgIpc) is 2.13. The van der Waals surface area contributed by atoms with E-state index in [1.807, 2.05) is 27.8 Å². The summed E-state index contributed by atoms with van der Waals surface area (Å²) in [6.07, 6.45) is 0. The molecule has 5 nitrogen and oxygen atoms in total. The fourth-order valence-electron chi connectivity index (χ4n) is 1.66. The number of nitrogens with zero attached hydrogens (tertiary/aromatic N) is 1. The molecule has 1 aliphatic heterocycles. The first-order valence-corrected chi connectivity index (χ1v) is 7.55. The summed E-state index contributed by atoms with van der Waals surface area (Å²) in [5.74, 6) is 0.0490. The zero-order valence-corrected chi connectivity index (χ0v) is 12.0. The maximum atomic E-state index is 11.8. The maximum Gasteiger partial charge on any atom is 0.268 e. The van der Waals surface area contributed by atoms with Gasteiger partial charge < -0.3 is 10.2 Å². The lowest BCUT2D eigenvalue weighted by Crippen LogP contribution is -2.52. The number of rotatable bonds is 4. The van der Waals surface area contributed by atoms with Crippen LogP contribution in [0.3, 0.4) is 0 Å². The van der Waals surface area contributed by atoms with Gasteiger partial charge in [0.2, 0.25) is 0 Å². The SMILES string of the molecule is CN1CCNC(CS(=O)(=O)OCC(C)(C)C)C1. The number of nitrogens with one attached hydrogen (secondary N) is 1. The van der Waals surface area contributed by atoms with Crippen molar-refractivity contribution in [1.29, 1.82) is 0 Å². The van der Waals surface area contributed by atoms with Crippen LogP contribution in [-0.2, 0) is 14.3 Å². The van der Waals surface area contributed by atoms with E-state index in [0.29, 0.717) is 0 Å². The molecule has 0 aromatic heterocycles. The topological polar surface area (TPSA) is 58.6 Å². The van der Waals surface area contributed by atoms with E-state index in [0.717, 1.165) is 19.6 Å². The van der Waals surface area contributed by atoms with E-state index in [4.69, 9.17) is 4.18 Å². The van der Waals surface area contributed by atoms with Crippen LogP contribution in [-0.4, -0.2) is 58.4 Å². The van der Waals surface area contributed by atoms with E-state index >= 15 is 0 Å². The first-order chi connectivity index (χ1) is 7.68. The van der Waals surface area contributed by atoms with Crippen LogP contribution in [0.15, 0.2) is 0 Å². The molecule has 1 aliphatic rings. The number of likely N-dealkylation sites (N-methyl/N-ethyl adjacent to an activating group) is 1. The van der Waals surface area contributed by atoms with Gasteiger partial charge in [-0.2, -0.15) is 8.42 Å². The van der Waals surface area contributed by atoms with Crippen LogP contribution in [0, 0.1) is 5.41 Å². The molecule has 0 aromatic carbocycles. The van der Waals surface area contributed by atoms with Crippen molar-refractivity contribution in [3.8, 4) is 0 Å². The largest absolute Gasteiger partial charge is 0.310 e. The van der Waals surface area contributed by atoms with Crippen molar-refractivity contribution in [3.05, 3.63) is 0 Å². The normalized spacial score (nSPS) is 23.9. The molecule has 0 spiro atoms. The highest BCUT2D eigenvalue weighted by molar-refractivity contribution is 7.86. The molecule has 1 fully saturated rings. The van der Waals surface area contributed by atoms with Crippen molar-refractivity contribution in [3.63, 3.8) is 0 Å². The van der Waals surface area contributed by atoms with E-state index in [1.54, 1.807) is 0 Å². The fraction of sp³-hybridized carbons (Fsp3) is 1.00. The van der Waals surface area contributed by atoms with Crippen LogP contribution in [0.4, 0.5) is 0 Å². The van der Waals surface area contributed by atoms with E-state index in [2.05, 4.69) is 10.2 Å². The minimum Gasteiger partial charge on any atom is -0.310 e. The molecule has 0 saturated carbocycles. The molecule has 0 aliphatic carbocycles. The smallest absolute Gasteiger partial charge is 0.268 e. The summed E-state index contributed by atoms with van der Waals surface area (Å²) in [5, 5.41) is 3.20. The van der Waals surface area contributed by atoms with Gasteiger partial charge in [-0.15, -0.1) is 0 Å². The minimum atomic E-state index is -3.43. The highest BCUT2D eigenvalue weighted by Crippen LogP contribution is 2.15. The zero-order chi connectivity index (χ0) is 13.1. The molecule has 1 unspecified atom stereocenters. The summed E-state index contributed by atoms with van der Waals surface area (Å²) in [6, 6.07) is -0.0290. The van der Waals surface area contributed by atoms with Gasteiger partial charge in [0.05, 0.1) is 12.4 Å². The van der Waals surface area contributed by atoms with Crippen LogP contribution in [0.25, 0.3) is 0 Å². The second-order valence-corrected chi connectivity index (χ2v) is 7.64. The van der Waals surface area contributed by atoms with Crippen LogP contribution in [0.2, 0.25) is 0 Å². The van der Waals surface area contributed by atoms with Gasteiger partial charge in [-0.25, -0.2) is 0 Å². The minimum absolute atomic E-state index is 0.0290. The predicted molar refractivity (Wildman–Crippen MR) is 68.5 cm³/mol. The fourth-order valence-corrected chi connectivity index (χ4v) is 3.01. The first kappa shape index (κ1) is 14.9. The standard InChI is InChI=1S/C11H24N2O3S/c1-11(2,3)9-16-17(14,15)8-10-7-13(4)6-5-12-10/h10,12H,5-9H2,1-4H3. The lowest BCUT2D eigenvalue weighted by molar-refractivity contribution is 0.198. The van der Waals surface area contributed by atoms with Crippen molar-refractivity contribution < 1.29 is 12.6 Å². The quantitative estimate of drug-likeness (QED) is 0.739. The molecule has 1 atom stereocenters. The molecule has 1 saturated heterocycles. The summed E-state index contributed by atoms with van der Waals surface area (Å²) in [7, 11) is -1.43. The van der Waals surface area contributed by atoms with Crippen molar-refractivity contribution in [1.82, 2.24) is 10.2 Å². The molecule has 102 valence electrons. The molecule has 0 bridgehead atoms. The molecule has 0 radical (unpaired) electrons. The number of hydrogen-bond donors (Lipinski definition) is 1. The molecule has 0 amide bonds. The molecule has 0 aromatic rings. The first-order valence-electron chi connectivity index (χ1n) is 5.97. The third-order valence-electron chi connectivity index (χ3n) is 2.54. The lowest BCUT2D eigenvalue weighted by atomic mass is 9.99. The summed E-state index contributed by atoms with van der Waals surface area (Å²) in [4.78, 5) is 2.13. The zero-order valence-electron chi connectivity index (χ0n) is 11.2. The molecule has 1 rings (SSSR count). The van der Waals surface area contributed by atoms with Gasteiger partial charge in [0.25, 0.3) is 10.1 Å². The summed E-state index contributed by atoms with van der Waals surface area (Å²) >= 11 is 0.